The molecule has 1 saturated heterocycles. The number of fused-ring (bicyclic) bond motifs is 2. The number of anilines is 2. The lowest BCUT2D eigenvalue weighted by molar-refractivity contribution is -0.117. The van der Waals surface area contributed by atoms with Crippen LogP contribution in [0.1, 0.15) is 38.5 Å². The standard InChI is InChI=1S/C18H23N3OS/c22-17-2-1-9-21(17)15-7-5-14(6-8-15)19-18(23)20-16-11-12-3-4-13(16)10-12/h5-8,12-13,16H,1-4,9-11H2,(H2,19,20,23)/t12-,13+,16+/m0/s1. The van der Waals surface area contributed by atoms with Crippen LogP contribution in [-0.2, 0) is 4.79 Å². The molecule has 2 N–H and O–H groups in total. The number of rotatable bonds is 3. The molecule has 1 amide bonds. The van der Waals surface area contributed by atoms with Crippen LogP contribution in [0.25, 0.3) is 0 Å². The Hall–Kier alpha value is -1.62. The number of carbonyl (C=O) groups excluding carboxylic acids is 1. The number of nitrogens with one attached hydrogen (secondary N) is 2. The van der Waals surface area contributed by atoms with Crippen LogP contribution in [0.15, 0.2) is 24.3 Å². The highest BCUT2D eigenvalue weighted by Gasteiger charge is 2.39. The molecule has 1 aliphatic heterocycles. The average molecular weight is 329 g/mol. The van der Waals surface area contributed by atoms with Gasteiger partial charge in [-0.15, -0.1) is 0 Å². The van der Waals surface area contributed by atoms with E-state index in [1.54, 1.807) is 0 Å². The molecule has 0 aromatic heterocycles. The molecule has 1 aromatic rings. The largest absolute Gasteiger partial charge is 0.359 e. The second-order valence-corrected chi connectivity index (χ2v) is 7.48. The summed E-state index contributed by atoms with van der Waals surface area (Å²) in [7, 11) is 0. The minimum Gasteiger partial charge on any atom is -0.359 e. The van der Waals surface area contributed by atoms with Crippen molar-refractivity contribution in [2.75, 3.05) is 16.8 Å². The van der Waals surface area contributed by atoms with Crippen LogP contribution in [0.4, 0.5) is 11.4 Å². The number of thiocarbonyl (C=S) groups is 1. The van der Waals surface area contributed by atoms with Crippen molar-refractivity contribution in [1.82, 2.24) is 5.32 Å². The van der Waals surface area contributed by atoms with E-state index in [0.29, 0.717) is 17.6 Å². The molecule has 23 heavy (non-hydrogen) atoms. The van der Waals surface area contributed by atoms with Crippen LogP contribution in [0.3, 0.4) is 0 Å². The summed E-state index contributed by atoms with van der Waals surface area (Å²) in [5, 5.41) is 7.48. The fourth-order valence-corrected chi connectivity index (χ4v) is 4.67. The topological polar surface area (TPSA) is 44.4 Å². The van der Waals surface area contributed by atoms with Gasteiger partial charge in [0, 0.05) is 30.4 Å². The molecule has 2 bridgehead atoms. The van der Waals surface area contributed by atoms with Gasteiger partial charge in [-0.3, -0.25) is 4.79 Å². The van der Waals surface area contributed by atoms with Crippen LogP contribution in [0, 0.1) is 11.8 Å². The molecule has 3 aliphatic rings. The van der Waals surface area contributed by atoms with E-state index in [-0.39, 0.29) is 5.91 Å². The Morgan fingerprint density at radius 2 is 2.00 bits per heavy atom. The smallest absolute Gasteiger partial charge is 0.227 e. The van der Waals surface area contributed by atoms with E-state index in [4.69, 9.17) is 12.2 Å². The summed E-state index contributed by atoms with van der Waals surface area (Å²) in [4.78, 5) is 13.6. The van der Waals surface area contributed by atoms with Gasteiger partial charge in [0.1, 0.15) is 0 Å². The third-order valence-corrected chi connectivity index (χ3v) is 5.78. The van der Waals surface area contributed by atoms with Crippen LogP contribution in [-0.4, -0.2) is 23.6 Å². The molecule has 3 fully saturated rings. The van der Waals surface area contributed by atoms with Crippen LogP contribution in [0.2, 0.25) is 0 Å². The maximum absolute atomic E-state index is 11.8. The minimum absolute atomic E-state index is 0.221. The lowest BCUT2D eigenvalue weighted by Crippen LogP contribution is -2.40. The zero-order valence-electron chi connectivity index (χ0n) is 13.3. The number of hydrogen-bond acceptors (Lipinski definition) is 2. The van der Waals surface area contributed by atoms with Crippen molar-refractivity contribution >= 4 is 34.6 Å². The zero-order valence-corrected chi connectivity index (χ0v) is 14.1. The van der Waals surface area contributed by atoms with Crippen molar-refractivity contribution in [2.45, 2.75) is 44.6 Å². The first kappa shape index (κ1) is 14.9. The summed E-state index contributed by atoms with van der Waals surface area (Å²) in [6.07, 6.45) is 7.01. The minimum atomic E-state index is 0.221. The quantitative estimate of drug-likeness (QED) is 0.835. The van der Waals surface area contributed by atoms with E-state index in [2.05, 4.69) is 10.6 Å². The van der Waals surface area contributed by atoms with Gasteiger partial charge >= 0.3 is 0 Å². The van der Waals surface area contributed by atoms with Crippen molar-refractivity contribution in [2.24, 2.45) is 11.8 Å². The second kappa shape index (κ2) is 6.11. The lowest BCUT2D eigenvalue weighted by Gasteiger charge is -2.24. The van der Waals surface area contributed by atoms with Crippen molar-refractivity contribution in [3.05, 3.63) is 24.3 Å². The molecule has 0 radical (unpaired) electrons. The fourth-order valence-electron chi connectivity index (χ4n) is 4.40. The van der Waals surface area contributed by atoms with Gasteiger partial charge in [-0.25, -0.2) is 0 Å². The molecule has 122 valence electrons. The fraction of sp³-hybridized carbons (Fsp3) is 0.556. The predicted molar refractivity (Wildman–Crippen MR) is 96.6 cm³/mol. The predicted octanol–water partition coefficient (Wildman–Crippen LogP) is 3.29. The summed E-state index contributed by atoms with van der Waals surface area (Å²) < 4.78 is 0. The van der Waals surface area contributed by atoms with Crippen molar-refractivity contribution < 1.29 is 4.79 Å². The Bertz CT molecular complexity index is 615. The average Bonchev–Trinajstić information content (AvgIpc) is 3.25. The first-order valence-electron chi connectivity index (χ1n) is 8.67. The van der Waals surface area contributed by atoms with Crippen molar-refractivity contribution in [1.29, 1.82) is 0 Å². The summed E-state index contributed by atoms with van der Waals surface area (Å²) in [6.45, 7) is 0.829. The van der Waals surface area contributed by atoms with Gasteiger partial charge in [0.2, 0.25) is 5.91 Å². The maximum atomic E-state index is 11.8. The van der Waals surface area contributed by atoms with Crippen LogP contribution in [0.5, 0.6) is 0 Å². The number of carbonyl (C=O) groups is 1. The first-order valence-corrected chi connectivity index (χ1v) is 9.08. The van der Waals surface area contributed by atoms with Gasteiger partial charge in [-0.05, 0) is 74.0 Å². The molecule has 2 saturated carbocycles. The number of hydrogen-bond donors (Lipinski definition) is 2. The number of benzene rings is 1. The molecule has 2 aliphatic carbocycles. The van der Waals surface area contributed by atoms with Gasteiger partial charge in [-0.1, -0.05) is 6.42 Å². The molecule has 5 heteroatoms. The van der Waals surface area contributed by atoms with E-state index in [1.165, 1.54) is 25.7 Å². The Labute approximate surface area is 142 Å². The first-order chi connectivity index (χ1) is 11.2. The molecule has 0 unspecified atom stereocenters. The molecule has 4 rings (SSSR count). The van der Waals surface area contributed by atoms with Gasteiger partial charge in [0.25, 0.3) is 0 Å². The summed E-state index contributed by atoms with van der Waals surface area (Å²) >= 11 is 5.46. The maximum Gasteiger partial charge on any atom is 0.227 e. The Balaban J connectivity index is 1.33. The van der Waals surface area contributed by atoms with Gasteiger partial charge < -0.3 is 15.5 Å². The molecule has 1 aromatic carbocycles. The molecule has 4 nitrogen and oxygen atoms in total. The van der Waals surface area contributed by atoms with E-state index in [9.17, 15) is 4.79 Å². The zero-order chi connectivity index (χ0) is 15.8. The van der Waals surface area contributed by atoms with E-state index >= 15 is 0 Å². The summed E-state index contributed by atoms with van der Waals surface area (Å²) in [6, 6.07) is 8.53. The van der Waals surface area contributed by atoms with Crippen molar-refractivity contribution in [3.63, 3.8) is 0 Å². The van der Waals surface area contributed by atoms with Crippen molar-refractivity contribution in [3.8, 4) is 0 Å². The normalized spacial score (nSPS) is 29.1. The third-order valence-electron chi connectivity index (χ3n) is 5.56. The molecule has 0 spiro atoms. The molecular formula is C18H23N3OS. The Morgan fingerprint density at radius 1 is 1.17 bits per heavy atom. The molecular weight excluding hydrogens is 306 g/mol. The van der Waals surface area contributed by atoms with Gasteiger partial charge in [0.05, 0.1) is 0 Å². The highest BCUT2D eigenvalue weighted by atomic mass is 32.1. The Morgan fingerprint density at radius 3 is 2.61 bits per heavy atom. The van der Waals surface area contributed by atoms with E-state index < -0.39 is 0 Å². The highest BCUT2D eigenvalue weighted by Crippen LogP contribution is 2.44. The third kappa shape index (κ3) is 3.07. The van der Waals surface area contributed by atoms with E-state index in [0.717, 1.165) is 36.2 Å². The Kier molecular flexibility index (Phi) is 3.97. The lowest BCUT2D eigenvalue weighted by atomic mass is 9.96. The number of nitrogens with zero attached hydrogens (tertiary/aromatic N) is 1. The second-order valence-electron chi connectivity index (χ2n) is 7.08. The van der Waals surface area contributed by atoms with Crippen LogP contribution < -0.4 is 15.5 Å². The number of amides is 1. The van der Waals surface area contributed by atoms with Gasteiger partial charge in [-0.2, -0.15) is 0 Å². The van der Waals surface area contributed by atoms with Crippen LogP contribution >= 0.6 is 12.2 Å². The van der Waals surface area contributed by atoms with Gasteiger partial charge in [0.15, 0.2) is 5.11 Å². The van der Waals surface area contributed by atoms with E-state index in [1.807, 2.05) is 29.2 Å². The summed E-state index contributed by atoms with van der Waals surface area (Å²) in [5.74, 6) is 1.94. The highest BCUT2D eigenvalue weighted by molar-refractivity contribution is 7.80. The molecule has 3 atom stereocenters. The summed E-state index contributed by atoms with van der Waals surface area (Å²) in [5.41, 5.74) is 1.95. The monoisotopic (exact) mass is 329 g/mol. The molecule has 1 heterocycles. The SMILES string of the molecule is O=C1CCCN1c1ccc(NC(=S)N[C@@H]2C[C@H]3CC[C@@H]2C3)cc1.